The van der Waals surface area contributed by atoms with E-state index in [0.717, 1.165) is 35.6 Å². The number of benzene rings is 1. The highest BCUT2D eigenvalue weighted by Crippen LogP contribution is 2.37. The van der Waals surface area contributed by atoms with Crippen LogP contribution >= 0.6 is 23.2 Å². The van der Waals surface area contributed by atoms with Gasteiger partial charge in [-0.3, -0.25) is 5.41 Å². The summed E-state index contributed by atoms with van der Waals surface area (Å²) in [5.41, 5.74) is 8.03. The van der Waals surface area contributed by atoms with Crippen LogP contribution in [0.2, 0.25) is 10.0 Å². The zero-order valence-electron chi connectivity index (χ0n) is 9.87. The van der Waals surface area contributed by atoms with Crippen molar-refractivity contribution < 1.29 is 0 Å². The maximum atomic E-state index is 7.55. The Bertz CT molecular complexity index is 677. The lowest BCUT2D eigenvalue weighted by molar-refractivity contribution is 0.910. The van der Waals surface area contributed by atoms with Gasteiger partial charge in [0.15, 0.2) is 0 Å². The summed E-state index contributed by atoms with van der Waals surface area (Å²) >= 11 is 12.2. The number of nitrogens with zero attached hydrogens (tertiary/aromatic N) is 2. The normalized spacial score (nSPS) is 13.2. The second-order valence-electron chi connectivity index (χ2n) is 4.27. The van der Waals surface area contributed by atoms with Gasteiger partial charge in [-0.15, -0.1) is 0 Å². The summed E-state index contributed by atoms with van der Waals surface area (Å²) in [5, 5.41) is 16.3. The Morgan fingerprint density at radius 1 is 1.42 bits per heavy atom. The highest BCUT2D eigenvalue weighted by molar-refractivity contribution is 6.35. The minimum atomic E-state index is -0.130. The molecule has 4 N–H and O–H groups in total. The molecule has 19 heavy (non-hydrogen) atoms. The van der Waals surface area contributed by atoms with Crippen LogP contribution in [-0.2, 0) is 6.42 Å². The van der Waals surface area contributed by atoms with Gasteiger partial charge >= 0.3 is 0 Å². The molecule has 0 spiro atoms. The topological polar surface area (TPSA) is 79.7 Å². The number of aromatic nitrogens is 2. The summed E-state index contributed by atoms with van der Waals surface area (Å²) in [7, 11) is 0. The number of anilines is 1. The van der Waals surface area contributed by atoms with Crippen molar-refractivity contribution in [3.05, 3.63) is 33.8 Å². The van der Waals surface area contributed by atoms with Gasteiger partial charge in [0.1, 0.15) is 5.82 Å². The molecule has 0 unspecified atom stereocenters. The van der Waals surface area contributed by atoms with E-state index in [1.165, 1.54) is 4.68 Å². The molecule has 1 aromatic heterocycles. The third-order valence-electron chi connectivity index (χ3n) is 3.06. The first-order chi connectivity index (χ1) is 9.08. The summed E-state index contributed by atoms with van der Waals surface area (Å²) in [6.07, 6.45) is 0.820. The average molecular weight is 296 g/mol. The molecule has 0 saturated heterocycles. The maximum Gasteiger partial charge on any atom is 0.215 e. The van der Waals surface area contributed by atoms with Crippen molar-refractivity contribution in [2.75, 3.05) is 11.9 Å². The smallest absolute Gasteiger partial charge is 0.215 e. The molecule has 7 heteroatoms. The lowest BCUT2D eigenvalue weighted by atomic mass is 10.1. The third-order valence-corrected chi connectivity index (χ3v) is 3.63. The SMILES string of the molecule is N=C(N)n1nc(-c2cc(Cl)ccc2Cl)c2c1NCC2. The summed E-state index contributed by atoms with van der Waals surface area (Å²) in [5.74, 6) is 0.633. The van der Waals surface area contributed by atoms with Gasteiger partial charge in [0, 0.05) is 22.7 Å². The number of hydrogen-bond acceptors (Lipinski definition) is 3. The molecule has 0 saturated carbocycles. The van der Waals surface area contributed by atoms with E-state index in [-0.39, 0.29) is 5.96 Å². The molecule has 0 bridgehead atoms. The Morgan fingerprint density at radius 3 is 2.95 bits per heavy atom. The van der Waals surface area contributed by atoms with E-state index < -0.39 is 0 Å². The molecular formula is C12H11Cl2N5. The van der Waals surface area contributed by atoms with Gasteiger partial charge in [-0.25, -0.2) is 0 Å². The lowest BCUT2D eigenvalue weighted by Crippen LogP contribution is -2.23. The second-order valence-corrected chi connectivity index (χ2v) is 5.12. The van der Waals surface area contributed by atoms with Crippen LogP contribution in [0.15, 0.2) is 18.2 Å². The highest BCUT2D eigenvalue weighted by atomic mass is 35.5. The van der Waals surface area contributed by atoms with Crippen LogP contribution in [0.5, 0.6) is 0 Å². The van der Waals surface area contributed by atoms with Crippen LogP contribution in [-0.4, -0.2) is 22.3 Å². The summed E-state index contributed by atoms with van der Waals surface area (Å²) in [6, 6.07) is 5.24. The Morgan fingerprint density at radius 2 is 2.21 bits per heavy atom. The molecule has 2 aromatic rings. The minimum absolute atomic E-state index is 0.130. The molecule has 0 atom stereocenters. The van der Waals surface area contributed by atoms with Crippen molar-refractivity contribution in [3.63, 3.8) is 0 Å². The second kappa shape index (κ2) is 4.43. The Labute approximate surface area is 119 Å². The average Bonchev–Trinajstić information content (AvgIpc) is 2.93. The number of nitrogen functional groups attached to an aromatic ring is 1. The highest BCUT2D eigenvalue weighted by Gasteiger charge is 2.25. The molecule has 3 rings (SSSR count). The predicted molar refractivity (Wildman–Crippen MR) is 77.2 cm³/mol. The fraction of sp³-hybridized carbons (Fsp3) is 0.167. The molecule has 2 heterocycles. The van der Waals surface area contributed by atoms with Crippen molar-refractivity contribution >= 4 is 35.0 Å². The molecule has 5 nitrogen and oxygen atoms in total. The molecule has 1 aliphatic heterocycles. The van der Waals surface area contributed by atoms with Gasteiger partial charge in [-0.1, -0.05) is 23.2 Å². The van der Waals surface area contributed by atoms with E-state index >= 15 is 0 Å². The zero-order chi connectivity index (χ0) is 13.6. The predicted octanol–water partition coefficient (Wildman–Crippen LogP) is 2.57. The summed E-state index contributed by atoms with van der Waals surface area (Å²) < 4.78 is 1.38. The number of hydrogen-bond donors (Lipinski definition) is 3. The van der Waals surface area contributed by atoms with Gasteiger partial charge in [0.25, 0.3) is 0 Å². The van der Waals surface area contributed by atoms with Crippen LogP contribution in [0.4, 0.5) is 5.82 Å². The first kappa shape index (κ1) is 12.3. The number of rotatable bonds is 1. The van der Waals surface area contributed by atoms with Crippen LogP contribution in [0.1, 0.15) is 5.56 Å². The quantitative estimate of drug-likeness (QED) is 0.559. The molecule has 1 aliphatic rings. The molecule has 0 amide bonds. The van der Waals surface area contributed by atoms with Gasteiger partial charge in [0.05, 0.1) is 10.7 Å². The molecule has 98 valence electrons. The van der Waals surface area contributed by atoms with Crippen LogP contribution < -0.4 is 11.1 Å². The van der Waals surface area contributed by atoms with Gasteiger partial charge in [-0.2, -0.15) is 9.78 Å². The summed E-state index contributed by atoms with van der Waals surface area (Å²) in [6.45, 7) is 0.797. The van der Waals surface area contributed by atoms with Crippen LogP contribution in [0, 0.1) is 5.41 Å². The van der Waals surface area contributed by atoms with E-state index in [9.17, 15) is 0 Å². The molecule has 0 fully saturated rings. The van der Waals surface area contributed by atoms with Crippen LogP contribution in [0.25, 0.3) is 11.3 Å². The number of nitrogens with one attached hydrogen (secondary N) is 2. The molecule has 0 aliphatic carbocycles. The molecule has 0 radical (unpaired) electrons. The number of fused-ring (bicyclic) bond motifs is 1. The molecule has 1 aromatic carbocycles. The number of nitrogens with two attached hydrogens (primary N) is 1. The van der Waals surface area contributed by atoms with E-state index in [1.807, 2.05) is 0 Å². The zero-order valence-corrected chi connectivity index (χ0v) is 11.4. The van der Waals surface area contributed by atoms with Crippen molar-refractivity contribution in [3.8, 4) is 11.3 Å². The van der Waals surface area contributed by atoms with Crippen molar-refractivity contribution in [2.45, 2.75) is 6.42 Å². The first-order valence-electron chi connectivity index (χ1n) is 5.73. The molecular weight excluding hydrogens is 285 g/mol. The fourth-order valence-corrected chi connectivity index (χ4v) is 2.62. The standard InChI is InChI=1S/C12H11Cl2N5/c13-6-1-2-9(14)8(5-6)10-7-3-4-17-11(7)19(18-10)12(15)16/h1-2,5,17H,3-4H2,(H3,15,16). The van der Waals surface area contributed by atoms with E-state index in [4.69, 9.17) is 34.3 Å². The minimum Gasteiger partial charge on any atom is -0.369 e. The van der Waals surface area contributed by atoms with E-state index in [0.29, 0.717) is 10.0 Å². The lowest BCUT2D eigenvalue weighted by Gasteiger charge is -2.04. The maximum absolute atomic E-state index is 7.55. The Kier molecular flexibility index (Phi) is 2.88. The third kappa shape index (κ3) is 1.95. The van der Waals surface area contributed by atoms with Crippen molar-refractivity contribution in [2.24, 2.45) is 5.73 Å². The van der Waals surface area contributed by atoms with E-state index in [1.54, 1.807) is 18.2 Å². The van der Waals surface area contributed by atoms with Gasteiger partial charge in [0.2, 0.25) is 5.96 Å². The van der Waals surface area contributed by atoms with Crippen molar-refractivity contribution in [1.29, 1.82) is 5.41 Å². The summed E-state index contributed by atoms with van der Waals surface area (Å²) in [4.78, 5) is 0. The monoisotopic (exact) mass is 295 g/mol. The number of halogens is 2. The Balaban J connectivity index is 2.23. The van der Waals surface area contributed by atoms with Crippen molar-refractivity contribution in [1.82, 2.24) is 9.78 Å². The first-order valence-corrected chi connectivity index (χ1v) is 6.49. The largest absolute Gasteiger partial charge is 0.369 e. The van der Waals surface area contributed by atoms with Gasteiger partial charge in [-0.05, 0) is 24.6 Å². The van der Waals surface area contributed by atoms with Gasteiger partial charge < -0.3 is 11.1 Å². The van der Waals surface area contributed by atoms with E-state index in [2.05, 4.69) is 10.4 Å². The Hall–Kier alpha value is -1.72. The van der Waals surface area contributed by atoms with Crippen LogP contribution in [0.3, 0.4) is 0 Å². The fourth-order valence-electron chi connectivity index (χ4n) is 2.24.